The summed E-state index contributed by atoms with van der Waals surface area (Å²) in [6, 6.07) is 12.0. The Hall–Kier alpha value is -2.47. The van der Waals surface area contributed by atoms with E-state index >= 15 is 0 Å². The molecule has 1 amide bonds. The zero-order chi connectivity index (χ0) is 16.6. The smallest absolute Gasteiger partial charge is 0.220 e. The Morgan fingerprint density at radius 3 is 2.88 bits per heavy atom. The summed E-state index contributed by atoms with van der Waals surface area (Å²) in [6.45, 7) is 1.22. The highest BCUT2D eigenvalue weighted by Gasteiger charge is 2.04. The standard InChI is InChI=1S/C18H19N3O2S/c22-18(7-11-24-17-4-2-1-3-5-17)19-8-9-21-13-16(12-20-21)15-6-10-23-14-15/h1-6,10,12-14H,7-9,11H2,(H,19,22). The van der Waals surface area contributed by atoms with Crippen molar-refractivity contribution in [3.63, 3.8) is 0 Å². The number of hydrogen-bond donors (Lipinski definition) is 1. The Bertz CT molecular complexity index is 754. The lowest BCUT2D eigenvalue weighted by atomic mass is 10.2. The lowest BCUT2D eigenvalue weighted by molar-refractivity contribution is -0.120. The summed E-state index contributed by atoms with van der Waals surface area (Å²) < 4.78 is 6.88. The van der Waals surface area contributed by atoms with Crippen LogP contribution in [0.25, 0.3) is 11.1 Å². The average molecular weight is 341 g/mol. The van der Waals surface area contributed by atoms with Crippen molar-refractivity contribution in [3.05, 3.63) is 61.3 Å². The molecule has 0 radical (unpaired) electrons. The Morgan fingerprint density at radius 1 is 1.21 bits per heavy atom. The fourth-order valence-corrected chi connectivity index (χ4v) is 3.11. The molecule has 6 heteroatoms. The third-order valence-corrected chi connectivity index (χ3v) is 4.51. The number of nitrogens with one attached hydrogen (secondary N) is 1. The largest absolute Gasteiger partial charge is 0.472 e. The van der Waals surface area contributed by atoms with Crippen molar-refractivity contribution in [2.24, 2.45) is 0 Å². The second-order valence-corrected chi connectivity index (χ2v) is 6.43. The van der Waals surface area contributed by atoms with Gasteiger partial charge in [-0.15, -0.1) is 11.8 Å². The molecule has 0 saturated carbocycles. The van der Waals surface area contributed by atoms with E-state index in [-0.39, 0.29) is 5.91 Å². The van der Waals surface area contributed by atoms with Crippen molar-refractivity contribution in [1.82, 2.24) is 15.1 Å². The maximum Gasteiger partial charge on any atom is 0.220 e. The van der Waals surface area contributed by atoms with Gasteiger partial charge in [0.25, 0.3) is 0 Å². The van der Waals surface area contributed by atoms with Crippen LogP contribution in [0.4, 0.5) is 0 Å². The van der Waals surface area contributed by atoms with Crippen molar-refractivity contribution in [2.45, 2.75) is 17.9 Å². The van der Waals surface area contributed by atoms with Crippen molar-refractivity contribution >= 4 is 17.7 Å². The maximum absolute atomic E-state index is 11.8. The van der Waals surface area contributed by atoms with E-state index in [0.717, 1.165) is 16.9 Å². The molecule has 1 aromatic carbocycles. The molecule has 0 unspecified atom stereocenters. The van der Waals surface area contributed by atoms with Gasteiger partial charge in [0.2, 0.25) is 5.91 Å². The Morgan fingerprint density at radius 2 is 2.08 bits per heavy atom. The molecule has 2 aromatic heterocycles. The van der Waals surface area contributed by atoms with E-state index in [1.807, 2.05) is 35.1 Å². The van der Waals surface area contributed by atoms with Crippen molar-refractivity contribution < 1.29 is 9.21 Å². The normalized spacial score (nSPS) is 10.7. The molecule has 3 rings (SSSR count). The summed E-state index contributed by atoms with van der Waals surface area (Å²) in [5.41, 5.74) is 2.01. The minimum absolute atomic E-state index is 0.0700. The molecule has 24 heavy (non-hydrogen) atoms. The van der Waals surface area contributed by atoms with E-state index in [0.29, 0.717) is 19.5 Å². The molecule has 124 valence electrons. The SMILES string of the molecule is O=C(CCSc1ccccc1)NCCn1cc(-c2ccoc2)cn1. The van der Waals surface area contributed by atoms with Gasteiger partial charge in [0.15, 0.2) is 0 Å². The number of amides is 1. The van der Waals surface area contributed by atoms with Gasteiger partial charge >= 0.3 is 0 Å². The molecule has 0 atom stereocenters. The lowest BCUT2D eigenvalue weighted by Crippen LogP contribution is -2.27. The van der Waals surface area contributed by atoms with Crippen molar-refractivity contribution in [2.75, 3.05) is 12.3 Å². The quantitative estimate of drug-likeness (QED) is 0.638. The van der Waals surface area contributed by atoms with Crippen LogP contribution in [0.2, 0.25) is 0 Å². The number of carbonyl (C=O) groups excluding carboxylic acids is 1. The summed E-state index contributed by atoms with van der Waals surface area (Å²) in [7, 11) is 0. The number of carbonyl (C=O) groups is 1. The van der Waals surface area contributed by atoms with Crippen LogP contribution in [-0.2, 0) is 11.3 Å². The van der Waals surface area contributed by atoms with Crippen LogP contribution in [0.1, 0.15) is 6.42 Å². The zero-order valence-corrected chi connectivity index (χ0v) is 14.0. The Labute approximate surface area is 145 Å². The predicted molar refractivity (Wildman–Crippen MR) is 94.7 cm³/mol. The van der Waals surface area contributed by atoms with E-state index in [4.69, 9.17) is 4.42 Å². The number of nitrogens with zero attached hydrogens (tertiary/aromatic N) is 2. The highest BCUT2D eigenvalue weighted by atomic mass is 32.2. The van der Waals surface area contributed by atoms with Gasteiger partial charge in [0.1, 0.15) is 0 Å². The fourth-order valence-electron chi connectivity index (χ4n) is 2.24. The summed E-state index contributed by atoms with van der Waals surface area (Å²) in [5, 5.41) is 7.22. The van der Waals surface area contributed by atoms with Gasteiger partial charge in [0, 0.05) is 40.9 Å². The van der Waals surface area contributed by atoms with Gasteiger partial charge in [-0.1, -0.05) is 18.2 Å². The van der Waals surface area contributed by atoms with E-state index in [9.17, 15) is 4.79 Å². The van der Waals surface area contributed by atoms with E-state index in [1.54, 1.807) is 30.5 Å². The Kier molecular flexibility index (Phi) is 5.74. The van der Waals surface area contributed by atoms with Crippen LogP contribution < -0.4 is 5.32 Å². The van der Waals surface area contributed by atoms with Gasteiger partial charge < -0.3 is 9.73 Å². The van der Waals surface area contributed by atoms with E-state index in [2.05, 4.69) is 22.5 Å². The van der Waals surface area contributed by atoms with Crippen LogP contribution in [0.5, 0.6) is 0 Å². The highest BCUT2D eigenvalue weighted by Crippen LogP contribution is 2.18. The minimum Gasteiger partial charge on any atom is -0.472 e. The molecule has 0 saturated heterocycles. The van der Waals surface area contributed by atoms with Crippen LogP contribution in [0.3, 0.4) is 0 Å². The monoisotopic (exact) mass is 341 g/mol. The van der Waals surface area contributed by atoms with Crippen LogP contribution in [0, 0.1) is 0 Å². The van der Waals surface area contributed by atoms with Gasteiger partial charge in [-0.2, -0.15) is 5.10 Å². The van der Waals surface area contributed by atoms with Crippen molar-refractivity contribution in [3.8, 4) is 11.1 Å². The molecule has 0 spiro atoms. The molecule has 2 heterocycles. The second-order valence-electron chi connectivity index (χ2n) is 5.27. The predicted octanol–water partition coefficient (Wildman–Crippen LogP) is 3.44. The number of hydrogen-bond acceptors (Lipinski definition) is 4. The minimum atomic E-state index is 0.0700. The number of thioether (sulfide) groups is 1. The molecular formula is C18H19N3O2S. The molecule has 5 nitrogen and oxygen atoms in total. The molecule has 0 aliphatic heterocycles. The molecule has 0 aliphatic rings. The third kappa shape index (κ3) is 4.76. The number of benzene rings is 1. The first-order chi connectivity index (χ1) is 11.8. The van der Waals surface area contributed by atoms with Gasteiger partial charge in [-0.25, -0.2) is 0 Å². The van der Waals surface area contributed by atoms with E-state index in [1.165, 1.54) is 4.90 Å². The van der Waals surface area contributed by atoms with Gasteiger partial charge in [-0.05, 0) is 18.2 Å². The molecule has 0 fully saturated rings. The number of aromatic nitrogens is 2. The van der Waals surface area contributed by atoms with Gasteiger partial charge in [0.05, 0.1) is 25.3 Å². The number of furan rings is 1. The molecular weight excluding hydrogens is 322 g/mol. The summed E-state index contributed by atoms with van der Waals surface area (Å²) >= 11 is 1.69. The summed E-state index contributed by atoms with van der Waals surface area (Å²) in [4.78, 5) is 13.0. The first-order valence-electron chi connectivity index (χ1n) is 7.81. The maximum atomic E-state index is 11.8. The second kappa shape index (κ2) is 8.40. The van der Waals surface area contributed by atoms with Crippen LogP contribution >= 0.6 is 11.8 Å². The topological polar surface area (TPSA) is 60.1 Å². The Balaban J connectivity index is 1.35. The molecule has 3 aromatic rings. The van der Waals surface area contributed by atoms with Crippen molar-refractivity contribution in [1.29, 1.82) is 0 Å². The lowest BCUT2D eigenvalue weighted by Gasteiger charge is -2.05. The first kappa shape index (κ1) is 16.4. The zero-order valence-electron chi connectivity index (χ0n) is 13.2. The molecule has 0 bridgehead atoms. The third-order valence-electron chi connectivity index (χ3n) is 3.49. The molecule has 1 N–H and O–H groups in total. The molecule has 0 aliphatic carbocycles. The number of rotatable bonds is 8. The average Bonchev–Trinajstić information content (AvgIpc) is 3.27. The highest BCUT2D eigenvalue weighted by molar-refractivity contribution is 7.99. The summed E-state index contributed by atoms with van der Waals surface area (Å²) in [5.74, 6) is 0.850. The fraction of sp³-hybridized carbons (Fsp3) is 0.222. The van der Waals surface area contributed by atoms with Gasteiger partial charge in [-0.3, -0.25) is 9.48 Å². The van der Waals surface area contributed by atoms with Crippen LogP contribution in [0.15, 0.2) is 70.6 Å². The van der Waals surface area contributed by atoms with E-state index < -0.39 is 0 Å². The first-order valence-corrected chi connectivity index (χ1v) is 8.79. The summed E-state index contributed by atoms with van der Waals surface area (Å²) in [6.07, 6.45) is 7.58. The van der Waals surface area contributed by atoms with Crippen LogP contribution in [-0.4, -0.2) is 28.0 Å².